The highest BCUT2D eigenvalue weighted by molar-refractivity contribution is 6.07. The first kappa shape index (κ1) is 17.7. The lowest BCUT2D eigenvalue weighted by Crippen LogP contribution is -2.41. The van der Waals surface area contributed by atoms with Crippen LogP contribution in [-0.2, 0) is 0 Å². The van der Waals surface area contributed by atoms with E-state index in [-0.39, 0.29) is 5.91 Å². The molecule has 2 heterocycles. The zero-order chi connectivity index (χ0) is 18.8. The van der Waals surface area contributed by atoms with Crippen molar-refractivity contribution in [1.82, 2.24) is 15.0 Å². The molecule has 140 valence electrons. The van der Waals surface area contributed by atoms with Gasteiger partial charge in [0.1, 0.15) is 0 Å². The molecule has 5 nitrogen and oxygen atoms in total. The molecular formula is C22H25N3O2. The van der Waals surface area contributed by atoms with Crippen LogP contribution in [0, 0.1) is 6.92 Å². The molecule has 1 aromatic carbocycles. The van der Waals surface area contributed by atoms with Gasteiger partial charge in [0.05, 0.1) is 22.3 Å². The largest absolute Gasteiger partial charge is 0.336 e. The standard InChI is InChI=1S/C22H25N3O2/c1-3-25(17-12-8-5-9-13-17)22(26)18-14-19(16-10-6-4-7-11-16)23-21-20(18)15(2)24-27-21/h4,6-7,10-11,14,17H,3,5,8-9,12-13H2,1-2H3. The molecule has 1 saturated carbocycles. The minimum absolute atomic E-state index is 0.0558. The SMILES string of the molecule is CCN(C(=O)c1cc(-c2ccccc2)nc2onc(C)c12)C1CCCCC1. The topological polar surface area (TPSA) is 59.2 Å². The van der Waals surface area contributed by atoms with Crippen molar-refractivity contribution < 1.29 is 9.32 Å². The number of carbonyl (C=O) groups excluding carboxylic acids is 1. The normalized spacial score (nSPS) is 15.2. The van der Waals surface area contributed by atoms with E-state index in [4.69, 9.17) is 4.52 Å². The summed E-state index contributed by atoms with van der Waals surface area (Å²) in [5.74, 6) is 0.0558. The number of carbonyl (C=O) groups is 1. The van der Waals surface area contributed by atoms with Crippen molar-refractivity contribution in [3.05, 3.63) is 47.7 Å². The molecule has 1 aliphatic rings. The van der Waals surface area contributed by atoms with Crippen LogP contribution in [0.25, 0.3) is 22.4 Å². The van der Waals surface area contributed by atoms with Crippen molar-refractivity contribution in [2.75, 3.05) is 6.54 Å². The summed E-state index contributed by atoms with van der Waals surface area (Å²) >= 11 is 0. The van der Waals surface area contributed by atoms with Crippen LogP contribution < -0.4 is 0 Å². The number of aryl methyl sites for hydroxylation is 1. The fourth-order valence-electron chi connectivity index (χ4n) is 4.14. The summed E-state index contributed by atoms with van der Waals surface area (Å²) in [4.78, 5) is 20.2. The first-order valence-corrected chi connectivity index (χ1v) is 9.82. The zero-order valence-corrected chi connectivity index (χ0v) is 15.9. The molecule has 0 N–H and O–H groups in total. The third kappa shape index (κ3) is 3.34. The Morgan fingerprint density at radius 2 is 1.93 bits per heavy atom. The van der Waals surface area contributed by atoms with Gasteiger partial charge in [-0.1, -0.05) is 54.8 Å². The van der Waals surface area contributed by atoms with E-state index < -0.39 is 0 Å². The number of nitrogens with zero attached hydrogens (tertiary/aromatic N) is 3. The number of hydrogen-bond acceptors (Lipinski definition) is 4. The monoisotopic (exact) mass is 363 g/mol. The van der Waals surface area contributed by atoms with E-state index in [1.807, 2.05) is 48.2 Å². The summed E-state index contributed by atoms with van der Waals surface area (Å²) in [6.45, 7) is 4.63. The van der Waals surface area contributed by atoms with Crippen molar-refractivity contribution in [2.45, 2.75) is 52.0 Å². The highest BCUT2D eigenvalue weighted by atomic mass is 16.5. The highest BCUT2D eigenvalue weighted by Crippen LogP contribution is 2.30. The molecule has 0 radical (unpaired) electrons. The molecule has 0 bridgehead atoms. The fourth-order valence-corrected chi connectivity index (χ4v) is 4.14. The van der Waals surface area contributed by atoms with E-state index in [0.717, 1.165) is 29.5 Å². The summed E-state index contributed by atoms with van der Waals surface area (Å²) in [5, 5.41) is 4.79. The lowest BCUT2D eigenvalue weighted by molar-refractivity contribution is 0.0650. The number of amides is 1. The van der Waals surface area contributed by atoms with Gasteiger partial charge in [-0.2, -0.15) is 0 Å². The second-order valence-electron chi connectivity index (χ2n) is 7.25. The van der Waals surface area contributed by atoms with Crippen LogP contribution in [0.1, 0.15) is 55.1 Å². The van der Waals surface area contributed by atoms with E-state index in [0.29, 0.717) is 29.6 Å². The summed E-state index contributed by atoms with van der Waals surface area (Å²) in [6.07, 6.45) is 5.83. The second kappa shape index (κ2) is 7.51. The molecule has 1 amide bonds. The zero-order valence-electron chi connectivity index (χ0n) is 15.9. The summed E-state index contributed by atoms with van der Waals surface area (Å²) in [7, 11) is 0. The molecule has 3 aromatic rings. The molecule has 5 heteroatoms. The molecule has 0 aliphatic heterocycles. The lowest BCUT2D eigenvalue weighted by Gasteiger charge is -2.33. The molecule has 2 aromatic heterocycles. The quantitative estimate of drug-likeness (QED) is 0.655. The average molecular weight is 363 g/mol. The van der Waals surface area contributed by atoms with E-state index in [1.54, 1.807) is 0 Å². The van der Waals surface area contributed by atoms with Crippen LogP contribution in [0.5, 0.6) is 0 Å². The van der Waals surface area contributed by atoms with Crippen LogP contribution >= 0.6 is 0 Å². The number of hydrogen-bond donors (Lipinski definition) is 0. The van der Waals surface area contributed by atoms with Crippen LogP contribution in [0.4, 0.5) is 0 Å². The van der Waals surface area contributed by atoms with Gasteiger partial charge in [-0.15, -0.1) is 0 Å². The summed E-state index contributed by atoms with van der Waals surface area (Å²) in [5.41, 5.74) is 3.48. The maximum atomic E-state index is 13.6. The lowest BCUT2D eigenvalue weighted by atomic mass is 9.93. The smallest absolute Gasteiger partial charge is 0.259 e. The van der Waals surface area contributed by atoms with Crippen LogP contribution in [0.2, 0.25) is 0 Å². The Bertz CT molecular complexity index is 943. The van der Waals surface area contributed by atoms with E-state index in [2.05, 4.69) is 17.1 Å². The molecule has 0 unspecified atom stereocenters. The van der Waals surface area contributed by atoms with Crippen molar-refractivity contribution in [3.8, 4) is 11.3 Å². The Balaban J connectivity index is 1.81. The van der Waals surface area contributed by atoms with Gasteiger partial charge in [-0.3, -0.25) is 4.79 Å². The summed E-state index contributed by atoms with van der Waals surface area (Å²) in [6, 6.07) is 12.1. The fraction of sp³-hybridized carbons (Fsp3) is 0.409. The molecule has 4 rings (SSSR count). The van der Waals surface area contributed by atoms with Crippen LogP contribution in [-0.4, -0.2) is 33.5 Å². The van der Waals surface area contributed by atoms with Gasteiger partial charge in [0.2, 0.25) is 0 Å². The van der Waals surface area contributed by atoms with Crippen molar-refractivity contribution in [1.29, 1.82) is 0 Å². The maximum Gasteiger partial charge on any atom is 0.259 e. The van der Waals surface area contributed by atoms with Crippen molar-refractivity contribution in [3.63, 3.8) is 0 Å². The Morgan fingerprint density at radius 1 is 1.19 bits per heavy atom. The molecule has 1 fully saturated rings. The van der Waals surface area contributed by atoms with E-state index >= 15 is 0 Å². The van der Waals surface area contributed by atoms with Gasteiger partial charge in [-0.25, -0.2) is 4.98 Å². The Labute approximate surface area is 159 Å². The van der Waals surface area contributed by atoms with Crippen molar-refractivity contribution in [2.24, 2.45) is 0 Å². The van der Waals surface area contributed by atoms with E-state index in [9.17, 15) is 4.79 Å². The van der Waals surface area contributed by atoms with Gasteiger partial charge in [0.15, 0.2) is 0 Å². The number of pyridine rings is 1. The molecule has 27 heavy (non-hydrogen) atoms. The number of fused-ring (bicyclic) bond motifs is 1. The number of benzene rings is 1. The second-order valence-corrected chi connectivity index (χ2v) is 7.25. The minimum Gasteiger partial charge on any atom is -0.336 e. The van der Waals surface area contributed by atoms with Gasteiger partial charge >= 0.3 is 0 Å². The number of rotatable bonds is 4. The molecule has 1 aliphatic carbocycles. The third-order valence-electron chi connectivity index (χ3n) is 5.53. The third-order valence-corrected chi connectivity index (χ3v) is 5.53. The van der Waals surface area contributed by atoms with Gasteiger partial charge in [-0.05, 0) is 32.8 Å². The van der Waals surface area contributed by atoms with E-state index in [1.165, 1.54) is 19.3 Å². The Kier molecular flexibility index (Phi) is 4.92. The predicted molar refractivity (Wildman–Crippen MR) is 106 cm³/mol. The van der Waals surface area contributed by atoms with Crippen LogP contribution in [0.3, 0.4) is 0 Å². The molecule has 0 saturated heterocycles. The Morgan fingerprint density at radius 3 is 2.63 bits per heavy atom. The van der Waals surface area contributed by atoms with Gasteiger partial charge in [0, 0.05) is 18.2 Å². The maximum absolute atomic E-state index is 13.6. The molecule has 0 spiro atoms. The first-order valence-electron chi connectivity index (χ1n) is 9.82. The summed E-state index contributed by atoms with van der Waals surface area (Å²) < 4.78 is 5.43. The van der Waals surface area contributed by atoms with Crippen molar-refractivity contribution >= 4 is 17.0 Å². The van der Waals surface area contributed by atoms with Gasteiger partial charge in [0.25, 0.3) is 11.6 Å². The molecule has 0 atom stereocenters. The number of aromatic nitrogens is 2. The first-order chi connectivity index (χ1) is 13.2. The van der Waals surface area contributed by atoms with Gasteiger partial charge < -0.3 is 9.42 Å². The minimum atomic E-state index is 0.0558. The molecular weight excluding hydrogens is 338 g/mol. The Hall–Kier alpha value is -2.69. The highest BCUT2D eigenvalue weighted by Gasteiger charge is 2.28. The predicted octanol–water partition coefficient (Wildman–Crippen LogP) is 4.99. The average Bonchev–Trinajstić information content (AvgIpc) is 3.10. The van der Waals surface area contributed by atoms with Crippen LogP contribution in [0.15, 0.2) is 40.9 Å².